The molecule has 1 aliphatic carbocycles. The largest absolute Gasteiger partial charge is 0.343 e. The normalized spacial score (nSPS) is 28.8. The molecule has 1 aliphatic heterocycles. The zero-order valence-electron chi connectivity index (χ0n) is 13.2. The van der Waals surface area contributed by atoms with E-state index >= 15 is 0 Å². The van der Waals surface area contributed by atoms with Crippen LogP contribution in [0.4, 0.5) is 0 Å². The van der Waals surface area contributed by atoms with E-state index in [1.165, 1.54) is 12.8 Å². The molecule has 4 heteroatoms. The molecular formula is C16H28N2O2. The monoisotopic (exact) mass is 280 g/mol. The van der Waals surface area contributed by atoms with Gasteiger partial charge >= 0.3 is 0 Å². The van der Waals surface area contributed by atoms with Crippen LogP contribution in [0, 0.1) is 11.8 Å². The number of rotatable bonds is 6. The van der Waals surface area contributed by atoms with Crippen LogP contribution in [0.2, 0.25) is 0 Å². The van der Waals surface area contributed by atoms with E-state index in [1.807, 2.05) is 25.7 Å². The van der Waals surface area contributed by atoms with Crippen LogP contribution in [0.15, 0.2) is 0 Å². The third kappa shape index (κ3) is 2.99. The second-order valence-electron chi connectivity index (χ2n) is 6.64. The van der Waals surface area contributed by atoms with Crippen LogP contribution in [-0.2, 0) is 9.59 Å². The van der Waals surface area contributed by atoms with Crippen molar-refractivity contribution in [3.05, 3.63) is 0 Å². The molecule has 20 heavy (non-hydrogen) atoms. The van der Waals surface area contributed by atoms with E-state index in [-0.39, 0.29) is 35.9 Å². The van der Waals surface area contributed by atoms with Crippen LogP contribution in [0.3, 0.4) is 0 Å². The molecule has 1 heterocycles. The Morgan fingerprint density at radius 2 is 1.90 bits per heavy atom. The molecule has 2 aliphatic rings. The first-order chi connectivity index (χ1) is 9.49. The van der Waals surface area contributed by atoms with Gasteiger partial charge in [-0.15, -0.1) is 0 Å². The predicted octanol–water partition coefficient (Wildman–Crippen LogP) is 2.33. The summed E-state index contributed by atoms with van der Waals surface area (Å²) in [5.74, 6) is 1.08. The van der Waals surface area contributed by atoms with Crippen molar-refractivity contribution in [2.75, 3.05) is 0 Å². The first kappa shape index (κ1) is 15.3. The van der Waals surface area contributed by atoms with Crippen molar-refractivity contribution in [1.82, 2.24) is 10.2 Å². The van der Waals surface area contributed by atoms with Crippen LogP contribution < -0.4 is 5.32 Å². The van der Waals surface area contributed by atoms with E-state index in [2.05, 4.69) is 12.2 Å². The van der Waals surface area contributed by atoms with Gasteiger partial charge in [-0.3, -0.25) is 9.59 Å². The lowest BCUT2D eigenvalue weighted by Crippen LogP contribution is -2.67. The standard InChI is InChI=1S/C16H28N2O2/c1-5-12(9-11-7-8-11)18-14(10(3)4)15(19)17-13(6-2)16(18)20/h10-14H,5-9H2,1-4H3,(H,17,19). The molecule has 114 valence electrons. The Labute approximate surface area is 122 Å². The number of amides is 2. The second kappa shape index (κ2) is 6.15. The molecule has 4 nitrogen and oxygen atoms in total. The number of hydrogen-bond donors (Lipinski definition) is 1. The third-order valence-electron chi connectivity index (χ3n) is 4.64. The average Bonchev–Trinajstić information content (AvgIpc) is 3.21. The highest BCUT2D eigenvalue weighted by Gasteiger charge is 2.44. The molecule has 0 spiro atoms. The molecule has 2 fully saturated rings. The van der Waals surface area contributed by atoms with Crippen LogP contribution >= 0.6 is 0 Å². The number of carbonyl (C=O) groups excluding carboxylic acids is 2. The highest BCUT2D eigenvalue weighted by atomic mass is 16.2. The van der Waals surface area contributed by atoms with Gasteiger partial charge < -0.3 is 10.2 Å². The van der Waals surface area contributed by atoms with Crippen molar-refractivity contribution in [2.24, 2.45) is 11.8 Å². The lowest BCUT2D eigenvalue weighted by Gasteiger charge is -2.45. The molecule has 3 unspecified atom stereocenters. The van der Waals surface area contributed by atoms with Crippen LogP contribution in [-0.4, -0.2) is 34.8 Å². The van der Waals surface area contributed by atoms with Crippen LogP contribution in [0.1, 0.15) is 59.8 Å². The topological polar surface area (TPSA) is 49.4 Å². The van der Waals surface area contributed by atoms with Crippen LogP contribution in [0.25, 0.3) is 0 Å². The molecule has 1 saturated heterocycles. The maximum Gasteiger partial charge on any atom is 0.246 e. The van der Waals surface area contributed by atoms with Crippen LogP contribution in [0.5, 0.6) is 0 Å². The Balaban J connectivity index is 2.24. The lowest BCUT2D eigenvalue weighted by atomic mass is 9.92. The van der Waals surface area contributed by atoms with Gasteiger partial charge in [0, 0.05) is 6.04 Å². The number of nitrogens with one attached hydrogen (secondary N) is 1. The molecule has 1 saturated carbocycles. The summed E-state index contributed by atoms with van der Waals surface area (Å²) < 4.78 is 0. The van der Waals surface area contributed by atoms with Gasteiger partial charge in [-0.1, -0.05) is 40.5 Å². The zero-order chi connectivity index (χ0) is 14.9. The minimum absolute atomic E-state index is 0.0284. The van der Waals surface area contributed by atoms with Crippen molar-refractivity contribution >= 4 is 11.8 Å². The molecule has 0 radical (unpaired) electrons. The molecular weight excluding hydrogens is 252 g/mol. The maximum absolute atomic E-state index is 12.7. The van der Waals surface area contributed by atoms with Gasteiger partial charge in [-0.2, -0.15) is 0 Å². The van der Waals surface area contributed by atoms with Gasteiger partial charge in [0.15, 0.2) is 0 Å². The van der Waals surface area contributed by atoms with Crippen molar-refractivity contribution in [3.8, 4) is 0 Å². The molecule has 1 N–H and O–H groups in total. The summed E-state index contributed by atoms with van der Waals surface area (Å²) >= 11 is 0. The molecule has 0 aromatic carbocycles. The van der Waals surface area contributed by atoms with Crippen molar-refractivity contribution < 1.29 is 9.59 Å². The van der Waals surface area contributed by atoms with E-state index in [0.29, 0.717) is 6.42 Å². The molecule has 2 rings (SSSR count). The highest BCUT2D eigenvalue weighted by Crippen LogP contribution is 2.37. The summed E-state index contributed by atoms with van der Waals surface area (Å²) in [5.41, 5.74) is 0. The Kier molecular flexibility index (Phi) is 4.71. The number of hydrogen-bond acceptors (Lipinski definition) is 2. The minimum Gasteiger partial charge on any atom is -0.343 e. The van der Waals surface area contributed by atoms with Crippen molar-refractivity contribution in [3.63, 3.8) is 0 Å². The number of carbonyl (C=O) groups is 2. The second-order valence-corrected chi connectivity index (χ2v) is 6.64. The minimum atomic E-state index is -0.328. The molecule has 2 amide bonds. The summed E-state index contributed by atoms with van der Waals surface area (Å²) in [6.07, 6.45) is 5.25. The summed E-state index contributed by atoms with van der Waals surface area (Å²) in [7, 11) is 0. The lowest BCUT2D eigenvalue weighted by molar-refractivity contribution is -0.154. The maximum atomic E-state index is 12.7. The molecule has 0 bridgehead atoms. The zero-order valence-corrected chi connectivity index (χ0v) is 13.2. The third-order valence-corrected chi connectivity index (χ3v) is 4.64. The fourth-order valence-corrected chi connectivity index (χ4v) is 3.29. The Bertz CT molecular complexity index is 377. The fourth-order valence-electron chi connectivity index (χ4n) is 3.29. The van der Waals surface area contributed by atoms with Gasteiger partial charge in [0.2, 0.25) is 11.8 Å². The van der Waals surface area contributed by atoms with Gasteiger partial charge in [0.1, 0.15) is 12.1 Å². The molecule has 0 aromatic rings. The summed E-state index contributed by atoms with van der Waals surface area (Å²) in [5, 5.41) is 2.89. The first-order valence-electron chi connectivity index (χ1n) is 8.12. The Hall–Kier alpha value is -1.06. The average molecular weight is 280 g/mol. The summed E-state index contributed by atoms with van der Waals surface area (Å²) in [6, 6.07) is -0.401. The first-order valence-corrected chi connectivity index (χ1v) is 8.12. The molecule has 3 atom stereocenters. The van der Waals surface area contributed by atoms with Gasteiger partial charge in [0.25, 0.3) is 0 Å². The summed E-state index contributed by atoms with van der Waals surface area (Å²) in [4.78, 5) is 27.0. The highest BCUT2D eigenvalue weighted by molar-refractivity contribution is 5.97. The summed E-state index contributed by atoms with van der Waals surface area (Å²) in [6.45, 7) is 8.14. The van der Waals surface area contributed by atoms with E-state index in [4.69, 9.17) is 0 Å². The Morgan fingerprint density at radius 3 is 2.35 bits per heavy atom. The quantitative estimate of drug-likeness (QED) is 0.812. The SMILES string of the molecule is CCC1NC(=O)C(C(C)C)N(C(CC)CC2CC2)C1=O. The van der Waals surface area contributed by atoms with Crippen molar-refractivity contribution in [2.45, 2.75) is 77.9 Å². The Morgan fingerprint density at radius 1 is 1.25 bits per heavy atom. The van der Waals surface area contributed by atoms with E-state index in [9.17, 15) is 9.59 Å². The smallest absolute Gasteiger partial charge is 0.246 e. The molecule has 0 aromatic heterocycles. The number of nitrogens with zero attached hydrogens (tertiary/aromatic N) is 1. The van der Waals surface area contributed by atoms with E-state index in [0.717, 1.165) is 18.8 Å². The van der Waals surface area contributed by atoms with Gasteiger partial charge in [0.05, 0.1) is 0 Å². The van der Waals surface area contributed by atoms with E-state index < -0.39 is 0 Å². The van der Waals surface area contributed by atoms with Gasteiger partial charge in [-0.25, -0.2) is 0 Å². The van der Waals surface area contributed by atoms with Gasteiger partial charge in [-0.05, 0) is 31.1 Å². The fraction of sp³-hybridized carbons (Fsp3) is 0.875. The predicted molar refractivity (Wildman–Crippen MR) is 79.1 cm³/mol. The van der Waals surface area contributed by atoms with Crippen molar-refractivity contribution in [1.29, 1.82) is 0 Å². The van der Waals surface area contributed by atoms with E-state index in [1.54, 1.807) is 0 Å². The number of piperazine rings is 1.